The van der Waals surface area contributed by atoms with Gasteiger partial charge in [-0.15, -0.1) is 0 Å². The Bertz CT molecular complexity index is 447. The zero-order chi connectivity index (χ0) is 20.1. The minimum atomic E-state index is -2.16. The van der Waals surface area contributed by atoms with Gasteiger partial charge in [-0.1, -0.05) is 62.3 Å². The van der Waals surface area contributed by atoms with Crippen molar-refractivity contribution in [3.8, 4) is 0 Å². The van der Waals surface area contributed by atoms with Gasteiger partial charge in [-0.25, -0.2) is 0 Å². The lowest BCUT2D eigenvalue weighted by atomic mass is 9.97. The number of carbonyl (C=O) groups is 1. The van der Waals surface area contributed by atoms with E-state index < -0.39 is 13.5 Å². The minimum absolute atomic E-state index is 0.0267. The highest BCUT2D eigenvalue weighted by molar-refractivity contribution is 6.88. The highest BCUT2D eigenvalue weighted by atomic mass is 28.3. The van der Waals surface area contributed by atoms with E-state index in [1.165, 1.54) is 0 Å². The Morgan fingerprint density at radius 1 is 0.840 bits per heavy atom. The fourth-order valence-corrected chi connectivity index (χ4v) is 16.5. The van der Waals surface area contributed by atoms with Crippen LogP contribution in [-0.4, -0.2) is 32.5 Å². The van der Waals surface area contributed by atoms with E-state index in [0.717, 1.165) is 6.42 Å². The van der Waals surface area contributed by atoms with Crippen LogP contribution < -0.4 is 0 Å². The molecule has 0 unspecified atom stereocenters. The van der Waals surface area contributed by atoms with Crippen LogP contribution in [0, 0.1) is 5.41 Å². The molecule has 2 atom stereocenters. The molecule has 0 aromatic rings. The molecule has 0 bridgehead atoms. The molecular formula is C21H42O3Si. The van der Waals surface area contributed by atoms with Crippen LogP contribution in [-0.2, 0) is 14.3 Å². The Labute approximate surface area is 157 Å². The molecule has 1 heterocycles. The molecule has 0 N–H and O–H groups in total. The van der Waals surface area contributed by atoms with Crippen LogP contribution in [0.4, 0.5) is 0 Å². The van der Waals surface area contributed by atoms with E-state index in [4.69, 9.17) is 9.47 Å². The van der Waals surface area contributed by atoms with Gasteiger partial charge in [-0.2, -0.15) is 0 Å². The van der Waals surface area contributed by atoms with Crippen molar-refractivity contribution in [2.75, 3.05) is 6.61 Å². The van der Waals surface area contributed by atoms with E-state index in [2.05, 4.69) is 62.3 Å². The first-order valence-corrected chi connectivity index (χ1v) is 11.8. The Hall–Kier alpha value is -0.353. The molecule has 4 heteroatoms. The number of hydrogen-bond donors (Lipinski definition) is 0. The molecule has 0 aromatic carbocycles. The molecule has 0 radical (unpaired) electrons. The van der Waals surface area contributed by atoms with E-state index in [1.54, 1.807) is 0 Å². The largest absolute Gasteiger partial charge is 0.459 e. The topological polar surface area (TPSA) is 35.5 Å². The predicted molar refractivity (Wildman–Crippen MR) is 109 cm³/mol. The van der Waals surface area contributed by atoms with Crippen LogP contribution in [0.5, 0.6) is 0 Å². The molecule has 1 rings (SSSR count). The first-order chi connectivity index (χ1) is 10.9. The molecular weight excluding hydrogens is 328 g/mol. The van der Waals surface area contributed by atoms with Crippen molar-refractivity contribution < 1.29 is 14.3 Å². The van der Waals surface area contributed by atoms with Gasteiger partial charge < -0.3 is 9.47 Å². The van der Waals surface area contributed by atoms with Gasteiger partial charge in [0.15, 0.2) is 0 Å². The molecule has 1 aliphatic rings. The number of rotatable bonds is 2. The number of esters is 1. The summed E-state index contributed by atoms with van der Waals surface area (Å²) in [4.78, 5) is 12.6. The van der Waals surface area contributed by atoms with Crippen molar-refractivity contribution in [2.45, 2.75) is 116 Å². The molecule has 0 aromatic heterocycles. The number of hydrogen-bond acceptors (Lipinski definition) is 3. The summed E-state index contributed by atoms with van der Waals surface area (Å²) < 4.78 is 12.5. The lowest BCUT2D eigenvalue weighted by Gasteiger charge is -2.62. The minimum Gasteiger partial charge on any atom is -0.459 e. The Kier molecular flexibility index (Phi) is 6.05. The van der Waals surface area contributed by atoms with Crippen molar-refractivity contribution in [3.63, 3.8) is 0 Å². The van der Waals surface area contributed by atoms with Crippen molar-refractivity contribution in [3.05, 3.63) is 0 Å². The molecule has 1 fully saturated rings. The fourth-order valence-electron chi connectivity index (χ4n) is 6.06. The lowest BCUT2D eigenvalue weighted by Crippen LogP contribution is -2.69. The normalized spacial score (nSPS) is 23.7. The predicted octanol–water partition coefficient (Wildman–Crippen LogP) is 6.12. The standard InChI is InChI=1S/C21H42O3Si/c1-18(2,3)17(22)24-15-13-14-23-16(15)25(19(4,5)6,20(7,8)9)21(10,11)12/h15-16H,13-14H2,1-12H3/t15-,16-/m0/s1. The SMILES string of the molecule is CC(C)(C)C(=O)O[C@H]1CCO[C@H]1[Si](C(C)(C)C)(C(C)(C)C)C(C)(C)C. The zero-order valence-corrected chi connectivity index (χ0v) is 19.8. The van der Waals surface area contributed by atoms with Gasteiger partial charge >= 0.3 is 5.97 Å². The highest BCUT2D eigenvalue weighted by Gasteiger charge is 2.67. The molecule has 0 spiro atoms. The van der Waals surface area contributed by atoms with Gasteiger partial charge in [0.2, 0.25) is 0 Å². The second kappa shape index (κ2) is 6.67. The van der Waals surface area contributed by atoms with Gasteiger partial charge in [0, 0.05) is 6.42 Å². The Morgan fingerprint density at radius 2 is 1.24 bits per heavy atom. The van der Waals surface area contributed by atoms with Gasteiger partial charge in [0.1, 0.15) is 14.2 Å². The van der Waals surface area contributed by atoms with Crippen LogP contribution >= 0.6 is 0 Å². The third-order valence-electron chi connectivity index (χ3n) is 5.88. The maximum absolute atomic E-state index is 12.6. The van der Waals surface area contributed by atoms with Gasteiger partial charge in [-0.05, 0) is 35.9 Å². The summed E-state index contributed by atoms with van der Waals surface area (Å²) in [6, 6.07) is 0. The molecule has 1 aliphatic heterocycles. The molecule has 1 saturated heterocycles. The summed E-state index contributed by atoms with van der Waals surface area (Å²) in [6.45, 7) is 27.7. The van der Waals surface area contributed by atoms with Crippen molar-refractivity contribution in [1.82, 2.24) is 0 Å². The third kappa shape index (κ3) is 4.00. The van der Waals surface area contributed by atoms with Crippen LogP contribution in [0.2, 0.25) is 15.1 Å². The van der Waals surface area contributed by atoms with Gasteiger partial charge in [-0.3, -0.25) is 4.79 Å². The second-order valence-corrected chi connectivity index (χ2v) is 18.5. The summed E-state index contributed by atoms with van der Waals surface area (Å²) in [5, 5.41) is 0.348. The van der Waals surface area contributed by atoms with Crippen molar-refractivity contribution in [2.24, 2.45) is 5.41 Å². The monoisotopic (exact) mass is 370 g/mol. The van der Waals surface area contributed by atoms with E-state index >= 15 is 0 Å². The number of ether oxygens (including phenoxy) is 2. The zero-order valence-electron chi connectivity index (χ0n) is 18.8. The summed E-state index contributed by atoms with van der Waals surface area (Å²) in [5.74, 6) is -0.118. The van der Waals surface area contributed by atoms with Crippen LogP contribution in [0.15, 0.2) is 0 Å². The number of carbonyl (C=O) groups excluding carboxylic acids is 1. The molecule has 3 nitrogen and oxygen atoms in total. The highest BCUT2D eigenvalue weighted by Crippen LogP contribution is 2.65. The Morgan fingerprint density at radius 3 is 1.56 bits per heavy atom. The third-order valence-corrected chi connectivity index (χ3v) is 14.4. The van der Waals surface area contributed by atoms with Gasteiger partial charge in [0.05, 0.1) is 17.7 Å². The Balaban J connectivity index is 3.47. The maximum atomic E-state index is 12.6. The molecule has 25 heavy (non-hydrogen) atoms. The first-order valence-electron chi connectivity index (χ1n) is 9.70. The summed E-state index contributed by atoms with van der Waals surface area (Å²) in [5.41, 5.74) is -0.457. The van der Waals surface area contributed by atoms with Crippen LogP contribution in [0.25, 0.3) is 0 Å². The molecule has 0 aliphatic carbocycles. The summed E-state index contributed by atoms with van der Waals surface area (Å²) >= 11 is 0. The quantitative estimate of drug-likeness (QED) is 0.434. The van der Waals surface area contributed by atoms with Crippen LogP contribution in [0.1, 0.15) is 89.5 Å². The lowest BCUT2D eigenvalue weighted by molar-refractivity contribution is -0.159. The fraction of sp³-hybridized carbons (Fsp3) is 0.952. The molecule has 0 saturated carbocycles. The smallest absolute Gasteiger partial charge is 0.311 e. The van der Waals surface area contributed by atoms with E-state index in [-0.39, 0.29) is 32.9 Å². The van der Waals surface area contributed by atoms with Crippen molar-refractivity contribution in [1.29, 1.82) is 0 Å². The summed E-state index contributed by atoms with van der Waals surface area (Å²) in [6.07, 6.45) is 0.680. The first kappa shape index (κ1) is 22.7. The molecule has 148 valence electrons. The average Bonchev–Trinajstić information content (AvgIpc) is 2.70. The van der Waals surface area contributed by atoms with E-state index in [9.17, 15) is 4.79 Å². The van der Waals surface area contributed by atoms with Crippen molar-refractivity contribution >= 4 is 14.0 Å². The average molecular weight is 371 g/mol. The summed E-state index contributed by atoms with van der Waals surface area (Å²) in [7, 11) is -2.16. The maximum Gasteiger partial charge on any atom is 0.311 e. The van der Waals surface area contributed by atoms with E-state index in [1.807, 2.05) is 20.8 Å². The second-order valence-electron chi connectivity index (χ2n) is 11.8. The van der Waals surface area contributed by atoms with E-state index in [0.29, 0.717) is 6.61 Å². The van der Waals surface area contributed by atoms with Gasteiger partial charge in [0.25, 0.3) is 0 Å². The van der Waals surface area contributed by atoms with Crippen LogP contribution in [0.3, 0.4) is 0 Å². The molecule has 0 amide bonds.